The number of rotatable bonds is 5. The lowest BCUT2D eigenvalue weighted by atomic mass is 9.35. The highest BCUT2D eigenvalue weighted by molar-refractivity contribution is 7.46. The number of thiophene rings is 1. The van der Waals surface area contributed by atoms with E-state index in [0.717, 1.165) is 16.5 Å². The van der Waals surface area contributed by atoms with E-state index in [2.05, 4.69) is 0 Å². The van der Waals surface area contributed by atoms with Crippen molar-refractivity contribution in [2.75, 3.05) is 17.3 Å². The zero-order chi connectivity index (χ0) is 21.6. The average Bonchev–Trinajstić information content (AvgIpc) is 3.11. The van der Waals surface area contributed by atoms with E-state index >= 15 is 0 Å². The van der Waals surface area contributed by atoms with Crippen LogP contribution in [0.1, 0.15) is 36.3 Å². The monoisotopic (exact) mass is 489 g/mol. The molecule has 0 saturated heterocycles. The summed E-state index contributed by atoms with van der Waals surface area (Å²) in [6.07, 6.45) is 1.35. The molecule has 0 radical (unpaired) electrons. The Balaban J connectivity index is 1.60. The fourth-order valence-corrected chi connectivity index (χ4v) is 7.36. The number of carbonyl (C=O) groups excluding carboxylic acids is 2. The van der Waals surface area contributed by atoms with Crippen LogP contribution in [0.25, 0.3) is 10.1 Å². The number of alkyl halides is 1. The van der Waals surface area contributed by atoms with Gasteiger partial charge in [0.2, 0.25) is 11.1 Å². The zero-order valence-corrected chi connectivity index (χ0v) is 19.1. The van der Waals surface area contributed by atoms with Crippen LogP contribution in [-0.4, -0.2) is 33.4 Å². The molecule has 3 saturated carbocycles. The predicted molar refractivity (Wildman–Crippen MR) is 115 cm³/mol. The summed E-state index contributed by atoms with van der Waals surface area (Å²) < 4.78 is 17.1. The molecular formula is C19H18Cl2NO6PS. The number of phosphoric ester groups is 1. The van der Waals surface area contributed by atoms with E-state index in [1.54, 1.807) is 4.90 Å². The van der Waals surface area contributed by atoms with Gasteiger partial charge in [-0.2, -0.15) is 0 Å². The number of benzene rings is 1. The molecule has 4 aliphatic rings. The van der Waals surface area contributed by atoms with Crippen molar-refractivity contribution >= 4 is 69.3 Å². The van der Waals surface area contributed by atoms with Crippen LogP contribution in [-0.2, 0) is 14.2 Å². The third kappa shape index (κ3) is 2.74. The Morgan fingerprint density at radius 2 is 2.00 bits per heavy atom. The molecule has 3 fully saturated rings. The molecule has 1 aliphatic heterocycles. The van der Waals surface area contributed by atoms with Gasteiger partial charge in [0.15, 0.2) is 5.75 Å². The lowest BCUT2D eigenvalue weighted by Gasteiger charge is -2.67. The number of hydrogen-bond donors (Lipinski definition) is 2. The summed E-state index contributed by atoms with van der Waals surface area (Å²) in [5, 5.41) is 2.34. The van der Waals surface area contributed by atoms with Gasteiger partial charge in [-0.15, -0.1) is 22.9 Å². The first-order chi connectivity index (χ1) is 14.0. The maximum absolute atomic E-state index is 13.5. The number of halogens is 2. The van der Waals surface area contributed by atoms with Crippen LogP contribution < -0.4 is 9.42 Å². The van der Waals surface area contributed by atoms with E-state index in [9.17, 15) is 23.9 Å². The van der Waals surface area contributed by atoms with Crippen molar-refractivity contribution in [3.8, 4) is 5.75 Å². The molecule has 1 aromatic carbocycles. The molecule has 2 heterocycles. The fourth-order valence-electron chi connectivity index (χ4n) is 5.43. The second kappa shape index (κ2) is 6.44. The van der Waals surface area contributed by atoms with Gasteiger partial charge in [0.25, 0.3) is 0 Å². The summed E-state index contributed by atoms with van der Waals surface area (Å²) >= 11 is 13.3. The summed E-state index contributed by atoms with van der Waals surface area (Å²) in [5.41, 5.74) is 1.25. The fraction of sp³-hybridized carbons (Fsp3) is 0.474. The topological polar surface area (TPSA) is 104 Å². The maximum atomic E-state index is 13.5. The van der Waals surface area contributed by atoms with Crippen molar-refractivity contribution in [1.82, 2.24) is 0 Å². The molecule has 0 spiro atoms. The number of phosphoric acid groups is 1. The van der Waals surface area contributed by atoms with Gasteiger partial charge in [-0.25, -0.2) is 4.57 Å². The molecule has 3 aliphatic carbocycles. The lowest BCUT2D eigenvalue weighted by Crippen LogP contribution is -2.70. The quantitative estimate of drug-likeness (QED) is 0.368. The van der Waals surface area contributed by atoms with Crippen LogP contribution in [0.5, 0.6) is 5.75 Å². The number of fused-ring (bicyclic) bond motifs is 3. The Bertz CT molecular complexity index is 1150. The molecule has 160 valence electrons. The largest absolute Gasteiger partial charge is 0.524 e. The summed E-state index contributed by atoms with van der Waals surface area (Å²) in [6.45, 7) is 2.29. The first-order valence-electron chi connectivity index (χ1n) is 9.38. The molecule has 30 heavy (non-hydrogen) atoms. The van der Waals surface area contributed by atoms with Crippen molar-refractivity contribution < 1.29 is 28.5 Å². The SMILES string of the molecule is Cc1csc2c(OP(=O)(O)O)cc3c(c12)[C@H](CCl)CN3C(=O)C12CC(C(=O)Cl)(C1)C2. The highest BCUT2D eigenvalue weighted by atomic mass is 35.5. The van der Waals surface area contributed by atoms with Gasteiger partial charge in [-0.3, -0.25) is 19.4 Å². The Morgan fingerprint density at radius 1 is 1.33 bits per heavy atom. The molecule has 0 unspecified atom stereocenters. The Labute approximate surface area is 186 Å². The minimum Gasteiger partial charge on any atom is -0.403 e. The summed E-state index contributed by atoms with van der Waals surface area (Å²) in [4.78, 5) is 45.5. The highest BCUT2D eigenvalue weighted by Crippen LogP contribution is 2.75. The molecule has 6 rings (SSSR count). The van der Waals surface area contributed by atoms with Crippen molar-refractivity contribution in [3.05, 3.63) is 22.6 Å². The van der Waals surface area contributed by atoms with Crippen LogP contribution in [0, 0.1) is 17.8 Å². The standard InChI is InChI=1S/C19H18Cl2NO6PS/c1-9-5-30-15-12(28-29(25,26)27)2-11-14(13(9)15)10(3-20)4-22(11)17(24)19-6-18(7-19,8-19)16(21)23/h2,5,10H,3-4,6-8H2,1H3,(H2,25,26,27)/t10-,18?,19?/m1/s1. The third-order valence-corrected chi connectivity index (χ3v) is 8.98. The number of carbonyl (C=O) groups is 2. The molecule has 1 aromatic heterocycles. The van der Waals surface area contributed by atoms with E-state index in [4.69, 9.17) is 27.7 Å². The summed E-state index contributed by atoms with van der Waals surface area (Å²) in [7, 11) is -4.79. The van der Waals surface area contributed by atoms with Crippen LogP contribution in [0.15, 0.2) is 11.4 Å². The number of amides is 1. The van der Waals surface area contributed by atoms with Crippen LogP contribution >= 0.6 is 42.4 Å². The van der Waals surface area contributed by atoms with Crippen molar-refractivity contribution in [1.29, 1.82) is 0 Å². The Hall–Kier alpha value is -1.15. The number of aryl methyl sites for hydroxylation is 1. The van der Waals surface area contributed by atoms with E-state index < -0.39 is 18.7 Å². The smallest absolute Gasteiger partial charge is 0.403 e. The molecule has 2 aromatic rings. The van der Waals surface area contributed by atoms with Crippen molar-refractivity contribution in [2.24, 2.45) is 10.8 Å². The molecule has 11 heteroatoms. The van der Waals surface area contributed by atoms with Gasteiger partial charge in [0.05, 0.1) is 15.8 Å². The van der Waals surface area contributed by atoms with Crippen molar-refractivity contribution in [2.45, 2.75) is 32.1 Å². The molecule has 1 atom stereocenters. The minimum atomic E-state index is -4.79. The zero-order valence-electron chi connectivity index (χ0n) is 15.9. The molecule has 7 nitrogen and oxygen atoms in total. The van der Waals surface area contributed by atoms with Crippen LogP contribution in [0.2, 0.25) is 0 Å². The van der Waals surface area contributed by atoms with Gasteiger partial charge in [0, 0.05) is 35.2 Å². The third-order valence-electron chi connectivity index (χ3n) is 6.66. The Morgan fingerprint density at radius 3 is 2.57 bits per heavy atom. The minimum absolute atomic E-state index is 0.0493. The van der Waals surface area contributed by atoms with E-state index in [0.29, 0.717) is 42.1 Å². The molecule has 2 N–H and O–H groups in total. The lowest BCUT2D eigenvalue weighted by molar-refractivity contribution is -0.199. The van der Waals surface area contributed by atoms with Crippen LogP contribution in [0.3, 0.4) is 0 Å². The highest BCUT2D eigenvalue weighted by Gasteiger charge is 2.75. The van der Waals surface area contributed by atoms with Gasteiger partial charge in [0.1, 0.15) is 0 Å². The first-order valence-corrected chi connectivity index (χ1v) is 12.7. The predicted octanol–water partition coefficient (Wildman–Crippen LogP) is 4.29. The Kier molecular flexibility index (Phi) is 4.45. The first kappa shape index (κ1) is 20.7. The van der Waals surface area contributed by atoms with Gasteiger partial charge in [-0.1, -0.05) is 0 Å². The average molecular weight is 490 g/mol. The van der Waals surface area contributed by atoms with E-state index in [-0.39, 0.29) is 22.8 Å². The van der Waals surface area contributed by atoms with Gasteiger partial charge < -0.3 is 9.42 Å². The van der Waals surface area contributed by atoms with Gasteiger partial charge >= 0.3 is 7.82 Å². The second-order valence-electron chi connectivity index (χ2n) is 8.64. The summed E-state index contributed by atoms with van der Waals surface area (Å²) in [6, 6.07) is 1.53. The number of nitrogens with zero attached hydrogens (tertiary/aromatic N) is 1. The molecular weight excluding hydrogens is 472 g/mol. The molecule has 2 bridgehead atoms. The number of anilines is 1. The van der Waals surface area contributed by atoms with E-state index in [1.165, 1.54) is 17.4 Å². The molecule has 1 amide bonds. The second-order valence-corrected chi connectivity index (χ2v) is 11.3. The number of hydrogen-bond acceptors (Lipinski definition) is 5. The normalized spacial score (nSPS) is 29.4. The maximum Gasteiger partial charge on any atom is 0.524 e. The van der Waals surface area contributed by atoms with Gasteiger partial charge in [-0.05, 0) is 54.3 Å². The van der Waals surface area contributed by atoms with E-state index in [1.807, 2.05) is 12.3 Å². The summed E-state index contributed by atoms with van der Waals surface area (Å²) in [5.74, 6) is 0.150. The van der Waals surface area contributed by atoms with Crippen LogP contribution in [0.4, 0.5) is 5.69 Å². The van der Waals surface area contributed by atoms with Crippen molar-refractivity contribution in [3.63, 3.8) is 0 Å².